The summed E-state index contributed by atoms with van der Waals surface area (Å²) in [4.78, 5) is 22.2. The quantitative estimate of drug-likeness (QED) is 0.899. The third-order valence-electron chi connectivity index (χ3n) is 3.53. The van der Waals surface area contributed by atoms with Crippen molar-refractivity contribution in [2.24, 2.45) is 0 Å². The van der Waals surface area contributed by atoms with E-state index in [1.807, 2.05) is 26.0 Å². The second-order valence-electron chi connectivity index (χ2n) is 5.32. The van der Waals surface area contributed by atoms with Gasteiger partial charge in [-0.25, -0.2) is 14.8 Å². The summed E-state index contributed by atoms with van der Waals surface area (Å²) in [6.45, 7) is 4.23. The maximum absolute atomic E-state index is 12.4. The molecule has 23 heavy (non-hydrogen) atoms. The van der Waals surface area contributed by atoms with Crippen molar-refractivity contribution in [1.29, 1.82) is 0 Å². The summed E-state index contributed by atoms with van der Waals surface area (Å²) in [7, 11) is 3.47. The number of benzene rings is 1. The van der Waals surface area contributed by atoms with E-state index >= 15 is 0 Å². The summed E-state index contributed by atoms with van der Waals surface area (Å²) in [6, 6.07) is 3.50. The first-order chi connectivity index (χ1) is 10.9. The number of aryl methyl sites for hydroxylation is 1. The number of aromatic nitrogens is 2. The topological polar surface area (TPSA) is 70.2 Å². The van der Waals surface area contributed by atoms with Crippen LogP contribution in [-0.2, 0) is 6.54 Å². The molecular weight excluding hydrogens is 314 g/mol. The average Bonchev–Trinajstić information content (AvgIpc) is 2.55. The molecule has 0 radical (unpaired) electrons. The highest BCUT2D eigenvalue weighted by Gasteiger charge is 2.14. The third-order valence-corrected chi connectivity index (χ3v) is 3.94. The highest BCUT2D eigenvalue weighted by molar-refractivity contribution is 6.31. The molecule has 0 aliphatic carbocycles. The normalized spacial score (nSPS) is 10.3. The Bertz CT molecular complexity index is 702. The van der Waals surface area contributed by atoms with Crippen molar-refractivity contribution in [3.05, 3.63) is 46.2 Å². The lowest BCUT2D eigenvalue weighted by molar-refractivity contribution is 0.220. The molecule has 2 rings (SSSR count). The van der Waals surface area contributed by atoms with Gasteiger partial charge >= 0.3 is 6.03 Å². The van der Waals surface area contributed by atoms with Crippen LogP contribution in [-0.4, -0.2) is 35.0 Å². The van der Waals surface area contributed by atoms with Crippen LogP contribution in [0.2, 0.25) is 5.02 Å². The van der Waals surface area contributed by atoms with Crippen molar-refractivity contribution in [2.45, 2.75) is 20.4 Å². The Morgan fingerprint density at radius 3 is 2.52 bits per heavy atom. The first-order valence-corrected chi connectivity index (χ1v) is 7.56. The van der Waals surface area contributed by atoms with Crippen molar-refractivity contribution in [1.82, 2.24) is 14.9 Å². The fraction of sp³-hybridized carbons (Fsp3) is 0.312. The van der Waals surface area contributed by atoms with Gasteiger partial charge in [-0.15, -0.1) is 0 Å². The van der Waals surface area contributed by atoms with Crippen molar-refractivity contribution in [3.8, 4) is 0 Å². The van der Waals surface area contributed by atoms with Gasteiger partial charge in [0.2, 0.25) is 5.95 Å². The molecule has 0 fully saturated rings. The highest BCUT2D eigenvalue weighted by Crippen LogP contribution is 2.27. The number of nitrogens with one attached hydrogen (secondary N) is 2. The van der Waals surface area contributed by atoms with E-state index in [0.29, 0.717) is 17.5 Å². The van der Waals surface area contributed by atoms with Crippen molar-refractivity contribution < 1.29 is 4.79 Å². The first-order valence-electron chi connectivity index (χ1n) is 7.19. The molecule has 1 aromatic heterocycles. The molecule has 0 spiro atoms. The van der Waals surface area contributed by atoms with Gasteiger partial charge in [0.15, 0.2) is 0 Å². The lowest BCUT2D eigenvalue weighted by Gasteiger charge is -2.20. The Kier molecular flexibility index (Phi) is 5.39. The maximum atomic E-state index is 12.4. The summed E-state index contributed by atoms with van der Waals surface area (Å²) >= 11 is 6.12. The van der Waals surface area contributed by atoms with Gasteiger partial charge in [-0.3, -0.25) is 0 Å². The van der Waals surface area contributed by atoms with Crippen LogP contribution in [0, 0.1) is 13.8 Å². The summed E-state index contributed by atoms with van der Waals surface area (Å²) in [6.07, 6.45) is 3.39. The van der Waals surface area contributed by atoms with Crippen LogP contribution in [0.3, 0.4) is 0 Å². The van der Waals surface area contributed by atoms with Gasteiger partial charge in [0.05, 0.1) is 6.54 Å². The van der Waals surface area contributed by atoms with Crippen LogP contribution in [0.4, 0.5) is 16.4 Å². The maximum Gasteiger partial charge on any atom is 0.321 e. The van der Waals surface area contributed by atoms with E-state index in [2.05, 4.69) is 20.6 Å². The molecule has 7 heteroatoms. The molecule has 0 saturated heterocycles. The minimum atomic E-state index is -0.212. The van der Waals surface area contributed by atoms with Crippen LogP contribution in [0.5, 0.6) is 0 Å². The molecule has 2 N–H and O–H groups in total. The third kappa shape index (κ3) is 4.10. The molecule has 1 heterocycles. The molecule has 0 saturated carbocycles. The van der Waals surface area contributed by atoms with E-state index in [1.165, 1.54) is 0 Å². The van der Waals surface area contributed by atoms with Gasteiger partial charge in [-0.05, 0) is 31.0 Å². The van der Waals surface area contributed by atoms with Crippen LogP contribution in [0.25, 0.3) is 0 Å². The molecule has 2 aromatic rings. The number of urea groups is 1. The molecule has 6 nitrogen and oxygen atoms in total. The Morgan fingerprint density at radius 2 is 1.91 bits per heavy atom. The number of hydrogen-bond donors (Lipinski definition) is 2. The van der Waals surface area contributed by atoms with Crippen LogP contribution >= 0.6 is 11.6 Å². The molecule has 2 amide bonds. The van der Waals surface area contributed by atoms with Crippen LogP contribution < -0.4 is 10.6 Å². The standard InChI is InChI=1S/C16H20ClN5O/c1-10-5-6-13(17)11(2)14(10)21-16(23)22(4)9-12-7-19-15(18-3)20-8-12/h5-8H,9H2,1-4H3,(H,21,23)(H,18,19,20). The smallest absolute Gasteiger partial charge is 0.321 e. The SMILES string of the molecule is CNc1ncc(CN(C)C(=O)Nc2c(C)ccc(Cl)c2C)cn1. The minimum absolute atomic E-state index is 0.212. The Balaban J connectivity index is 2.06. The molecular formula is C16H20ClN5O. The number of nitrogens with zero attached hydrogens (tertiary/aromatic N) is 3. The van der Waals surface area contributed by atoms with Gasteiger partial charge in [0.25, 0.3) is 0 Å². The van der Waals surface area contributed by atoms with E-state index < -0.39 is 0 Å². The number of anilines is 2. The zero-order chi connectivity index (χ0) is 17.0. The second kappa shape index (κ2) is 7.28. The molecule has 0 aliphatic heterocycles. The van der Waals surface area contributed by atoms with Crippen molar-refractivity contribution in [3.63, 3.8) is 0 Å². The van der Waals surface area contributed by atoms with Crippen molar-refractivity contribution >= 4 is 29.3 Å². The lowest BCUT2D eigenvalue weighted by atomic mass is 10.1. The van der Waals surface area contributed by atoms with Crippen LogP contribution in [0.1, 0.15) is 16.7 Å². The minimum Gasteiger partial charge on any atom is -0.357 e. The number of carbonyl (C=O) groups is 1. The molecule has 0 unspecified atom stereocenters. The zero-order valence-corrected chi connectivity index (χ0v) is 14.4. The molecule has 1 aromatic carbocycles. The predicted octanol–water partition coefficient (Wildman–Crippen LogP) is 3.45. The Hall–Kier alpha value is -2.34. The number of halogens is 1. The zero-order valence-electron chi connectivity index (χ0n) is 13.6. The molecule has 0 bridgehead atoms. The Labute approximate surface area is 140 Å². The number of carbonyl (C=O) groups excluding carboxylic acids is 1. The van der Waals surface area contributed by atoms with Gasteiger partial charge < -0.3 is 15.5 Å². The largest absolute Gasteiger partial charge is 0.357 e. The number of hydrogen-bond acceptors (Lipinski definition) is 4. The van der Waals surface area contributed by atoms with Gasteiger partial charge in [0, 0.05) is 42.8 Å². The monoisotopic (exact) mass is 333 g/mol. The predicted molar refractivity (Wildman–Crippen MR) is 93.0 cm³/mol. The highest BCUT2D eigenvalue weighted by atomic mass is 35.5. The fourth-order valence-electron chi connectivity index (χ4n) is 2.13. The van der Waals surface area contributed by atoms with Gasteiger partial charge in [0.1, 0.15) is 0 Å². The molecule has 0 atom stereocenters. The molecule has 122 valence electrons. The Morgan fingerprint density at radius 1 is 1.26 bits per heavy atom. The van der Waals surface area contributed by atoms with E-state index in [-0.39, 0.29) is 6.03 Å². The number of rotatable bonds is 4. The number of amides is 2. The lowest BCUT2D eigenvalue weighted by Crippen LogP contribution is -2.31. The fourth-order valence-corrected chi connectivity index (χ4v) is 2.29. The van der Waals surface area contributed by atoms with Gasteiger partial charge in [-0.1, -0.05) is 17.7 Å². The van der Waals surface area contributed by atoms with E-state index in [0.717, 1.165) is 22.4 Å². The summed E-state index contributed by atoms with van der Waals surface area (Å²) < 4.78 is 0. The van der Waals surface area contributed by atoms with E-state index in [9.17, 15) is 4.79 Å². The molecule has 0 aliphatic rings. The van der Waals surface area contributed by atoms with Crippen LogP contribution in [0.15, 0.2) is 24.5 Å². The summed E-state index contributed by atoms with van der Waals surface area (Å²) in [5.74, 6) is 0.547. The van der Waals surface area contributed by atoms with Gasteiger partial charge in [-0.2, -0.15) is 0 Å². The van der Waals surface area contributed by atoms with E-state index in [1.54, 1.807) is 31.4 Å². The summed E-state index contributed by atoms with van der Waals surface area (Å²) in [5, 5.41) is 6.39. The first kappa shape index (κ1) is 17.0. The van der Waals surface area contributed by atoms with Crippen molar-refractivity contribution in [2.75, 3.05) is 24.7 Å². The second-order valence-corrected chi connectivity index (χ2v) is 5.72. The summed E-state index contributed by atoms with van der Waals surface area (Å²) in [5.41, 5.74) is 3.42. The average molecular weight is 334 g/mol. The van der Waals surface area contributed by atoms with E-state index in [4.69, 9.17) is 11.6 Å².